The molecule has 1 aromatic heterocycles. The molecule has 6 rings (SSSR count). The summed E-state index contributed by atoms with van der Waals surface area (Å²) in [5, 5.41) is 0. The summed E-state index contributed by atoms with van der Waals surface area (Å²) >= 11 is 0. The molecular weight excluding hydrogens is 386 g/mol. The second-order valence-corrected chi connectivity index (χ2v) is 9.38. The number of aromatic nitrogens is 2. The third-order valence-corrected chi connectivity index (χ3v) is 7.69. The number of fused-ring (bicyclic) bond motifs is 2. The number of benzene rings is 1. The van der Waals surface area contributed by atoms with Crippen molar-refractivity contribution in [3.05, 3.63) is 58.6 Å². The molecule has 6 nitrogen and oxygen atoms in total. The van der Waals surface area contributed by atoms with E-state index in [0.29, 0.717) is 6.61 Å². The number of aryl methyl sites for hydroxylation is 1. The van der Waals surface area contributed by atoms with Gasteiger partial charge in [0.25, 0.3) is 0 Å². The quantitative estimate of drug-likeness (QED) is 0.762. The van der Waals surface area contributed by atoms with Crippen LogP contribution >= 0.6 is 0 Å². The first-order valence-electron chi connectivity index (χ1n) is 11.5. The number of nitrogens with two attached hydrogens (primary N) is 1. The van der Waals surface area contributed by atoms with Crippen LogP contribution in [0.5, 0.6) is 0 Å². The summed E-state index contributed by atoms with van der Waals surface area (Å²) in [5.74, 6) is 2.05. The molecule has 1 aliphatic carbocycles. The summed E-state index contributed by atoms with van der Waals surface area (Å²) in [6, 6.07) is 8.87. The number of ether oxygens (including phenoxy) is 1. The maximum atomic E-state index is 6.76. The minimum atomic E-state index is 0.147. The van der Waals surface area contributed by atoms with Crippen LogP contribution in [0.1, 0.15) is 47.8 Å². The van der Waals surface area contributed by atoms with Crippen LogP contribution in [-0.2, 0) is 17.6 Å². The Kier molecular flexibility index (Phi) is 4.47. The molecule has 1 saturated heterocycles. The Morgan fingerprint density at radius 2 is 2.03 bits per heavy atom. The Balaban J connectivity index is 1.22. The molecule has 31 heavy (non-hydrogen) atoms. The molecule has 0 radical (unpaired) electrons. The van der Waals surface area contributed by atoms with Crippen LogP contribution < -0.4 is 10.6 Å². The highest BCUT2D eigenvalue weighted by Crippen LogP contribution is 2.51. The lowest BCUT2D eigenvalue weighted by Gasteiger charge is -2.42. The second-order valence-electron chi connectivity index (χ2n) is 9.38. The summed E-state index contributed by atoms with van der Waals surface area (Å²) < 4.78 is 7.69. The summed E-state index contributed by atoms with van der Waals surface area (Å²) in [6.45, 7) is 5.54. The first kappa shape index (κ1) is 19.1. The molecule has 1 aromatic carbocycles. The topological polar surface area (TPSA) is 67.3 Å². The van der Waals surface area contributed by atoms with Gasteiger partial charge in [0, 0.05) is 32.5 Å². The molecule has 4 heterocycles. The Morgan fingerprint density at radius 3 is 2.81 bits per heavy atom. The third kappa shape index (κ3) is 3.04. The molecule has 3 aliphatic heterocycles. The first-order valence-corrected chi connectivity index (χ1v) is 11.5. The largest absolute Gasteiger partial charge is 0.377 e. The fraction of sp³-hybridized carbons (Fsp3) is 0.480. The monoisotopic (exact) mass is 416 g/mol. The second kappa shape index (κ2) is 7.24. The fourth-order valence-corrected chi connectivity index (χ4v) is 5.88. The molecule has 0 amide bonds. The van der Waals surface area contributed by atoms with Gasteiger partial charge < -0.3 is 15.4 Å². The lowest BCUT2D eigenvalue weighted by molar-refractivity contribution is -0.385. The normalized spacial score (nSPS) is 24.1. The Labute approximate surface area is 183 Å². The van der Waals surface area contributed by atoms with Gasteiger partial charge in [-0.2, -0.15) is 0 Å². The van der Waals surface area contributed by atoms with Crippen LogP contribution in [0.2, 0.25) is 0 Å². The van der Waals surface area contributed by atoms with Gasteiger partial charge in [-0.15, -0.1) is 0 Å². The Bertz CT molecular complexity index is 1100. The highest BCUT2D eigenvalue weighted by atomic mass is 16.5. The minimum absolute atomic E-state index is 0.147. The number of nitrogens with zero attached hydrogens (tertiary/aromatic N) is 4. The highest BCUT2D eigenvalue weighted by molar-refractivity contribution is 5.66. The van der Waals surface area contributed by atoms with Gasteiger partial charge in [0.15, 0.2) is 11.5 Å². The zero-order valence-corrected chi connectivity index (χ0v) is 18.2. The van der Waals surface area contributed by atoms with E-state index in [4.69, 9.17) is 20.4 Å². The van der Waals surface area contributed by atoms with Gasteiger partial charge >= 0.3 is 5.82 Å². The molecule has 2 N–H and O–H groups in total. The first-order chi connectivity index (χ1) is 15.1. The average molecular weight is 417 g/mol. The molecule has 0 bridgehead atoms. The molecule has 0 saturated carbocycles. The van der Waals surface area contributed by atoms with Crippen LogP contribution in [-0.4, -0.2) is 47.1 Å². The lowest BCUT2D eigenvalue weighted by Crippen LogP contribution is -2.45. The maximum absolute atomic E-state index is 6.76. The molecule has 0 unspecified atom stereocenters. The number of hydrogen-bond donors (Lipinski definition) is 1. The molecule has 4 aliphatic rings. The standard InChI is InChI=1S/C25H30N5O/c1-17-23(28-21-6-11-30(24(21)27-17)19-7-14-31-15-8-19)29-12-9-25(10-13-29)16-18-4-2-3-5-20(18)22(25)26/h2-5,7,11,22H,6,8-10,12-16,26H2,1H3/q+1/t22-/m1/s1. The van der Waals surface area contributed by atoms with Crippen molar-refractivity contribution in [1.82, 2.24) is 9.97 Å². The van der Waals surface area contributed by atoms with Crippen LogP contribution in [0.3, 0.4) is 0 Å². The van der Waals surface area contributed by atoms with E-state index in [0.717, 1.165) is 74.8 Å². The van der Waals surface area contributed by atoms with Gasteiger partial charge in [-0.05, 0) is 46.9 Å². The third-order valence-electron chi connectivity index (χ3n) is 7.69. The van der Waals surface area contributed by atoms with Gasteiger partial charge in [0.05, 0.1) is 25.8 Å². The van der Waals surface area contributed by atoms with E-state index >= 15 is 0 Å². The summed E-state index contributed by atoms with van der Waals surface area (Å²) in [6.07, 6.45) is 9.45. The van der Waals surface area contributed by atoms with E-state index in [2.05, 4.69) is 53.0 Å². The predicted molar refractivity (Wildman–Crippen MR) is 121 cm³/mol. The number of hydrogen-bond acceptors (Lipinski definition) is 5. The molecule has 1 atom stereocenters. The van der Waals surface area contributed by atoms with E-state index in [1.807, 2.05) is 0 Å². The lowest BCUT2D eigenvalue weighted by atomic mass is 9.73. The zero-order valence-electron chi connectivity index (χ0n) is 18.2. The van der Waals surface area contributed by atoms with Crippen molar-refractivity contribution in [3.63, 3.8) is 0 Å². The molecular formula is C25H30N5O+. The fourth-order valence-electron chi connectivity index (χ4n) is 5.88. The van der Waals surface area contributed by atoms with Crippen molar-refractivity contribution in [1.29, 1.82) is 0 Å². The molecule has 2 aromatic rings. The van der Waals surface area contributed by atoms with Gasteiger partial charge in [-0.25, -0.2) is 9.56 Å². The molecule has 1 spiro atoms. The van der Waals surface area contributed by atoms with Crippen molar-refractivity contribution in [2.24, 2.45) is 11.1 Å². The van der Waals surface area contributed by atoms with Crippen molar-refractivity contribution < 1.29 is 9.31 Å². The molecule has 160 valence electrons. The van der Waals surface area contributed by atoms with Crippen LogP contribution in [0.4, 0.5) is 11.6 Å². The molecule has 6 heteroatoms. The average Bonchev–Trinajstić information content (AvgIpc) is 3.33. The van der Waals surface area contributed by atoms with Crippen LogP contribution in [0.15, 0.2) is 36.0 Å². The minimum Gasteiger partial charge on any atom is -0.377 e. The van der Waals surface area contributed by atoms with E-state index in [1.54, 1.807) is 0 Å². The highest BCUT2D eigenvalue weighted by Gasteiger charge is 2.46. The van der Waals surface area contributed by atoms with Crippen molar-refractivity contribution in [2.45, 2.75) is 45.1 Å². The van der Waals surface area contributed by atoms with E-state index in [-0.39, 0.29) is 11.5 Å². The van der Waals surface area contributed by atoms with Crippen molar-refractivity contribution >= 4 is 17.9 Å². The summed E-state index contributed by atoms with van der Waals surface area (Å²) in [7, 11) is 0. The van der Waals surface area contributed by atoms with Crippen molar-refractivity contribution in [2.75, 3.05) is 31.2 Å². The van der Waals surface area contributed by atoms with Crippen LogP contribution in [0.25, 0.3) is 0 Å². The number of rotatable bonds is 2. The smallest absolute Gasteiger partial charge is 0.350 e. The Hall–Kier alpha value is -2.57. The summed E-state index contributed by atoms with van der Waals surface area (Å²) in [4.78, 5) is 12.5. The maximum Gasteiger partial charge on any atom is 0.350 e. The van der Waals surface area contributed by atoms with E-state index < -0.39 is 0 Å². The van der Waals surface area contributed by atoms with Gasteiger partial charge in [0.1, 0.15) is 11.4 Å². The zero-order chi connectivity index (χ0) is 21.0. The van der Waals surface area contributed by atoms with Crippen molar-refractivity contribution in [3.8, 4) is 0 Å². The predicted octanol–water partition coefficient (Wildman–Crippen LogP) is 3.20. The number of piperidine rings is 1. The number of anilines is 1. The van der Waals surface area contributed by atoms with Gasteiger partial charge in [-0.1, -0.05) is 24.3 Å². The van der Waals surface area contributed by atoms with E-state index in [9.17, 15) is 0 Å². The Morgan fingerprint density at radius 1 is 1.19 bits per heavy atom. The molecule has 1 fully saturated rings. The SMILES string of the molecule is Cc1nc2c(nc1N1CCC3(CC1)Cc1ccccc1[C@H]3N)CC=[N+]2C1=CCOCC1. The van der Waals surface area contributed by atoms with Gasteiger partial charge in [-0.3, -0.25) is 0 Å². The van der Waals surface area contributed by atoms with Crippen LogP contribution in [0, 0.1) is 12.3 Å². The summed E-state index contributed by atoms with van der Waals surface area (Å²) in [5.41, 5.74) is 13.1. The van der Waals surface area contributed by atoms with E-state index in [1.165, 1.54) is 16.8 Å². The van der Waals surface area contributed by atoms with Gasteiger partial charge in [0.2, 0.25) is 0 Å².